The van der Waals surface area contributed by atoms with Gasteiger partial charge < -0.3 is 20.3 Å². The molecule has 2 N–H and O–H groups in total. The van der Waals surface area contributed by atoms with Crippen LogP contribution >= 0.6 is 35.3 Å². The van der Waals surface area contributed by atoms with Crippen molar-refractivity contribution < 1.29 is 4.74 Å². The van der Waals surface area contributed by atoms with Crippen LogP contribution in [0.1, 0.15) is 54.3 Å². The molecule has 2 fully saturated rings. The molecule has 0 amide bonds. The predicted molar refractivity (Wildman–Crippen MR) is 143 cm³/mol. The summed E-state index contributed by atoms with van der Waals surface area (Å²) in [4.78, 5) is 12.4. The fraction of sp³-hybridized carbons (Fsp3) is 0.783. The molecule has 0 aromatic carbocycles. The van der Waals surface area contributed by atoms with Crippen LogP contribution in [-0.4, -0.2) is 81.8 Å². The summed E-state index contributed by atoms with van der Waals surface area (Å²) in [7, 11) is 1.87. The molecule has 2 saturated heterocycles. The van der Waals surface area contributed by atoms with Gasteiger partial charge in [0.2, 0.25) is 0 Å². The first kappa shape index (κ1) is 26.8. The molecule has 31 heavy (non-hydrogen) atoms. The highest BCUT2D eigenvalue weighted by Gasteiger charge is 2.24. The number of halogens is 1. The Balaban J connectivity index is 0.00000341. The maximum Gasteiger partial charge on any atom is 0.191 e. The third kappa shape index (κ3) is 9.53. The van der Waals surface area contributed by atoms with Gasteiger partial charge in [0.25, 0.3) is 0 Å². The lowest BCUT2D eigenvalue weighted by Gasteiger charge is -2.34. The lowest BCUT2D eigenvalue weighted by molar-refractivity contribution is 0.0177. The molecular weight excluding hydrogens is 521 g/mol. The standard InChI is InChI=1S/C23H41N5OS.HI/c1-20-9-10-22(30-20)21(28-15-17-29-18-16-28)19-26-23(24-2)25-11-5-3-6-12-27-13-7-4-8-14-27;/h9-10,21H,3-8,11-19H2,1-2H3,(H2,24,25,26);1H. The van der Waals surface area contributed by atoms with Crippen molar-refractivity contribution in [2.24, 2.45) is 4.99 Å². The average molecular weight is 564 g/mol. The molecule has 178 valence electrons. The summed E-state index contributed by atoms with van der Waals surface area (Å²) in [6.45, 7) is 11.6. The topological polar surface area (TPSA) is 52.1 Å². The molecule has 0 radical (unpaired) electrons. The van der Waals surface area contributed by atoms with Crippen LogP contribution in [0.25, 0.3) is 0 Å². The number of nitrogens with zero attached hydrogens (tertiary/aromatic N) is 3. The van der Waals surface area contributed by atoms with Crippen LogP contribution in [0.2, 0.25) is 0 Å². The second kappa shape index (κ2) is 15.4. The van der Waals surface area contributed by atoms with Gasteiger partial charge >= 0.3 is 0 Å². The van der Waals surface area contributed by atoms with Crippen LogP contribution in [-0.2, 0) is 4.74 Å². The van der Waals surface area contributed by atoms with E-state index in [2.05, 4.69) is 44.5 Å². The molecule has 0 aliphatic carbocycles. The van der Waals surface area contributed by atoms with Crippen LogP contribution in [0.3, 0.4) is 0 Å². The third-order valence-electron chi connectivity index (χ3n) is 6.15. The Morgan fingerprint density at radius 1 is 1.06 bits per heavy atom. The summed E-state index contributed by atoms with van der Waals surface area (Å²) < 4.78 is 5.56. The number of piperidine rings is 1. The maximum absolute atomic E-state index is 5.56. The second-order valence-electron chi connectivity index (χ2n) is 8.46. The van der Waals surface area contributed by atoms with Gasteiger partial charge in [0.15, 0.2) is 5.96 Å². The molecule has 1 atom stereocenters. The number of aliphatic imine (C=N–C) groups is 1. The van der Waals surface area contributed by atoms with Crippen LogP contribution in [0.4, 0.5) is 0 Å². The smallest absolute Gasteiger partial charge is 0.191 e. The van der Waals surface area contributed by atoms with E-state index in [0.717, 1.165) is 45.4 Å². The molecule has 0 saturated carbocycles. The van der Waals surface area contributed by atoms with E-state index in [1.807, 2.05) is 18.4 Å². The number of hydrogen-bond acceptors (Lipinski definition) is 5. The normalized spacial score (nSPS) is 19.6. The minimum absolute atomic E-state index is 0. The van der Waals surface area contributed by atoms with Crippen molar-refractivity contribution in [3.8, 4) is 0 Å². The van der Waals surface area contributed by atoms with Crippen molar-refractivity contribution in [3.05, 3.63) is 21.9 Å². The average Bonchev–Trinajstić information content (AvgIpc) is 3.22. The first-order valence-corrected chi connectivity index (χ1v) is 12.6. The predicted octanol–water partition coefficient (Wildman–Crippen LogP) is 3.87. The molecule has 6 nitrogen and oxygen atoms in total. The molecule has 0 spiro atoms. The van der Waals surface area contributed by atoms with Crippen molar-refractivity contribution in [3.63, 3.8) is 0 Å². The number of guanidine groups is 1. The van der Waals surface area contributed by atoms with Crippen molar-refractivity contribution in [1.82, 2.24) is 20.4 Å². The number of hydrogen-bond donors (Lipinski definition) is 2. The highest BCUT2D eigenvalue weighted by atomic mass is 127. The Bertz CT molecular complexity index is 629. The van der Waals surface area contributed by atoms with E-state index in [4.69, 9.17) is 4.74 Å². The molecular formula is C23H42IN5OS. The SMILES string of the molecule is CN=C(NCCCCCN1CCCCC1)NCC(c1ccc(C)s1)N1CCOCC1.I. The number of ether oxygens (including phenoxy) is 1. The van der Waals surface area contributed by atoms with Gasteiger partial charge in [-0.15, -0.1) is 35.3 Å². The number of likely N-dealkylation sites (tertiary alicyclic amines) is 1. The van der Waals surface area contributed by atoms with Gasteiger partial charge in [0, 0.05) is 43.0 Å². The number of morpholine rings is 1. The van der Waals surface area contributed by atoms with Crippen molar-refractivity contribution in [2.45, 2.75) is 51.5 Å². The number of nitrogens with one attached hydrogen (secondary N) is 2. The highest BCUT2D eigenvalue weighted by Crippen LogP contribution is 2.27. The highest BCUT2D eigenvalue weighted by molar-refractivity contribution is 14.0. The zero-order valence-electron chi connectivity index (χ0n) is 19.4. The molecule has 2 aliphatic rings. The Morgan fingerprint density at radius 3 is 2.52 bits per heavy atom. The van der Waals surface area contributed by atoms with E-state index in [0.29, 0.717) is 6.04 Å². The van der Waals surface area contributed by atoms with Gasteiger partial charge in [0.1, 0.15) is 0 Å². The summed E-state index contributed by atoms with van der Waals surface area (Å²) in [5.41, 5.74) is 0. The first-order valence-electron chi connectivity index (χ1n) is 11.8. The Kier molecular flexibility index (Phi) is 13.3. The number of rotatable bonds is 10. The molecule has 0 bridgehead atoms. The molecule has 1 unspecified atom stereocenters. The van der Waals surface area contributed by atoms with Gasteiger partial charge in [-0.3, -0.25) is 9.89 Å². The molecule has 3 heterocycles. The van der Waals surface area contributed by atoms with Crippen molar-refractivity contribution in [2.75, 3.05) is 66.1 Å². The quantitative estimate of drug-likeness (QED) is 0.196. The van der Waals surface area contributed by atoms with Gasteiger partial charge in [0.05, 0.1) is 19.3 Å². The maximum atomic E-state index is 5.56. The van der Waals surface area contributed by atoms with Gasteiger partial charge in [-0.25, -0.2) is 0 Å². The number of unbranched alkanes of at least 4 members (excludes halogenated alkanes) is 2. The summed E-state index contributed by atoms with van der Waals surface area (Å²) in [5, 5.41) is 7.08. The molecule has 2 aliphatic heterocycles. The second-order valence-corrected chi connectivity index (χ2v) is 9.77. The van der Waals surface area contributed by atoms with Crippen LogP contribution in [0, 0.1) is 6.92 Å². The van der Waals surface area contributed by atoms with E-state index in [1.54, 1.807) is 0 Å². The lowest BCUT2D eigenvalue weighted by atomic mass is 10.1. The van der Waals surface area contributed by atoms with E-state index in [-0.39, 0.29) is 24.0 Å². The molecule has 3 rings (SSSR count). The Labute approximate surface area is 210 Å². The lowest BCUT2D eigenvalue weighted by Crippen LogP contribution is -2.46. The van der Waals surface area contributed by atoms with E-state index in [9.17, 15) is 0 Å². The van der Waals surface area contributed by atoms with Gasteiger partial charge in [-0.1, -0.05) is 12.8 Å². The fourth-order valence-corrected chi connectivity index (χ4v) is 5.38. The minimum Gasteiger partial charge on any atom is -0.379 e. The first-order chi connectivity index (χ1) is 14.8. The van der Waals surface area contributed by atoms with Crippen molar-refractivity contribution >= 4 is 41.3 Å². The van der Waals surface area contributed by atoms with E-state index in [1.165, 1.54) is 67.9 Å². The van der Waals surface area contributed by atoms with E-state index < -0.39 is 0 Å². The summed E-state index contributed by atoms with van der Waals surface area (Å²) in [6.07, 6.45) is 7.99. The zero-order chi connectivity index (χ0) is 21.0. The Morgan fingerprint density at radius 2 is 1.84 bits per heavy atom. The fourth-order valence-electron chi connectivity index (χ4n) is 4.37. The van der Waals surface area contributed by atoms with Crippen LogP contribution in [0.5, 0.6) is 0 Å². The number of aryl methyl sites for hydroxylation is 1. The summed E-state index contributed by atoms with van der Waals surface area (Å²) in [6, 6.07) is 4.88. The van der Waals surface area contributed by atoms with E-state index >= 15 is 0 Å². The number of thiophene rings is 1. The zero-order valence-corrected chi connectivity index (χ0v) is 22.6. The molecule has 8 heteroatoms. The largest absolute Gasteiger partial charge is 0.379 e. The van der Waals surface area contributed by atoms with Gasteiger partial charge in [-0.05, 0) is 64.4 Å². The third-order valence-corrected chi connectivity index (χ3v) is 7.26. The monoisotopic (exact) mass is 563 g/mol. The molecule has 1 aromatic rings. The molecule has 1 aromatic heterocycles. The van der Waals surface area contributed by atoms with Crippen LogP contribution < -0.4 is 10.6 Å². The summed E-state index contributed by atoms with van der Waals surface area (Å²) in [5.74, 6) is 0.914. The summed E-state index contributed by atoms with van der Waals surface area (Å²) >= 11 is 1.90. The van der Waals surface area contributed by atoms with Gasteiger partial charge in [-0.2, -0.15) is 0 Å². The minimum atomic E-state index is 0. The Hall–Kier alpha value is -0.420. The van der Waals surface area contributed by atoms with Crippen LogP contribution in [0.15, 0.2) is 17.1 Å². The van der Waals surface area contributed by atoms with Crippen molar-refractivity contribution in [1.29, 1.82) is 0 Å².